The van der Waals surface area contributed by atoms with Crippen molar-refractivity contribution < 1.29 is 9.18 Å². The first-order valence-electron chi connectivity index (χ1n) is 3.40. The molecule has 0 aliphatic carbocycles. The Morgan fingerprint density at radius 1 is 1.54 bits per heavy atom. The molecule has 0 saturated heterocycles. The molecule has 0 aliphatic heterocycles. The number of alkyl halides is 1. The molecule has 13 heavy (non-hydrogen) atoms. The number of anilines is 1. The Balaban J connectivity index is 3.23. The van der Waals surface area contributed by atoms with Crippen LogP contribution in [0.1, 0.15) is 10.4 Å². The van der Waals surface area contributed by atoms with Gasteiger partial charge in [0.2, 0.25) is 0 Å². The largest absolute Gasteiger partial charge is 0.396 e. The second-order valence-corrected chi connectivity index (χ2v) is 3.08. The minimum atomic E-state index is -0.669. The number of nitrogens with two attached hydrogens (primary N) is 1. The molecule has 0 unspecified atom stereocenters. The van der Waals surface area contributed by atoms with Crippen LogP contribution < -0.4 is 5.73 Å². The van der Waals surface area contributed by atoms with E-state index >= 15 is 0 Å². The lowest BCUT2D eigenvalue weighted by molar-refractivity contribution is 0.102. The Labute approximate surface area is 84.4 Å². The Hall–Kier alpha value is -0.800. The van der Waals surface area contributed by atoms with Gasteiger partial charge >= 0.3 is 0 Å². The summed E-state index contributed by atoms with van der Waals surface area (Å²) in [7, 11) is 0. The second kappa shape index (κ2) is 3.94. The lowest BCUT2D eigenvalue weighted by Crippen LogP contribution is -2.03. The van der Waals surface area contributed by atoms with Crippen LogP contribution in [-0.2, 0) is 0 Å². The van der Waals surface area contributed by atoms with Crippen molar-refractivity contribution in [2.75, 3.05) is 11.6 Å². The molecular weight excluding hydrogens is 216 g/mol. The van der Waals surface area contributed by atoms with E-state index in [1.807, 2.05) is 0 Å². The molecular formula is C8H6Cl2FNO. The van der Waals surface area contributed by atoms with Crippen molar-refractivity contribution in [2.24, 2.45) is 0 Å². The van der Waals surface area contributed by atoms with Gasteiger partial charge in [0.05, 0.1) is 16.6 Å². The summed E-state index contributed by atoms with van der Waals surface area (Å²) in [6, 6.07) is 2.18. The molecule has 0 amide bonds. The average Bonchev–Trinajstić information content (AvgIpc) is 2.10. The van der Waals surface area contributed by atoms with E-state index in [-0.39, 0.29) is 22.2 Å². The van der Waals surface area contributed by atoms with E-state index in [1.165, 1.54) is 6.07 Å². The molecule has 0 radical (unpaired) electrons. The highest BCUT2D eigenvalue weighted by Gasteiger charge is 2.12. The third kappa shape index (κ3) is 2.11. The number of nitrogen functional groups attached to an aromatic ring is 1. The van der Waals surface area contributed by atoms with E-state index in [1.54, 1.807) is 0 Å². The van der Waals surface area contributed by atoms with Gasteiger partial charge in [0.15, 0.2) is 5.78 Å². The maximum atomic E-state index is 12.9. The summed E-state index contributed by atoms with van der Waals surface area (Å²) < 4.78 is 12.9. The summed E-state index contributed by atoms with van der Waals surface area (Å²) in [6.45, 7) is 0. The van der Waals surface area contributed by atoms with Crippen molar-refractivity contribution in [3.05, 3.63) is 28.5 Å². The number of halogens is 3. The zero-order chi connectivity index (χ0) is 10.0. The monoisotopic (exact) mass is 221 g/mol. The number of ketones is 1. The molecule has 1 aromatic rings. The molecule has 5 heteroatoms. The van der Waals surface area contributed by atoms with Crippen LogP contribution in [0.15, 0.2) is 12.1 Å². The van der Waals surface area contributed by atoms with Gasteiger partial charge in [-0.2, -0.15) is 0 Å². The predicted octanol–water partition coefficient (Wildman–Crippen LogP) is 2.48. The van der Waals surface area contributed by atoms with E-state index in [0.29, 0.717) is 0 Å². The third-order valence-corrected chi connectivity index (χ3v) is 2.06. The lowest BCUT2D eigenvalue weighted by atomic mass is 10.1. The minimum absolute atomic E-state index is 0.0587. The number of hydrogen-bond donors (Lipinski definition) is 1. The topological polar surface area (TPSA) is 43.1 Å². The number of benzene rings is 1. The van der Waals surface area contributed by atoms with Gasteiger partial charge in [-0.05, 0) is 12.1 Å². The maximum absolute atomic E-state index is 12.9. The fourth-order valence-corrected chi connectivity index (χ4v) is 1.27. The molecule has 0 spiro atoms. The smallest absolute Gasteiger partial charge is 0.179 e. The quantitative estimate of drug-likeness (QED) is 0.474. The van der Waals surface area contributed by atoms with Gasteiger partial charge in [-0.15, -0.1) is 11.6 Å². The van der Waals surface area contributed by atoms with Gasteiger partial charge in [0.25, 0.3) is 0 Å². The van der Waals surface area contributed by atoms with E-state index in [2.05, 4.69) is 0 Å². The molecule has 0 heterocycles. The van der Waals surface area contributed by atoms with Gasteiger partial charge < -0.3 is 5.73 Å². The molecule has 1 rings (SSSR count). The van der Waals surface area contributed by atoms with Gasteiger partial charge in [-0.3, -0.25) is 4.79 Å². The highest BCUT2D eigenvalue weighted by molar-refractivity contribution is 6.37. The first-order chi connectivity index (χ1) is 6.06. The van der Waals surface area contributed by atoms with E-state index in [0.717, 1.165) is 6.07 Å². The summed E-state index contributed by atoms with van der Waals surface area (Å²) in [6.07, 6.45) is 0. The summed E-state index contributed by atoms with van der Waals surface area (Å²) >= 11 is 10.9. The van der Waals surface area contributed by atoms with Crippen molar-refractivity contribution in [1.82, 2.24) is 0 Å². The molecule has 1 aromatic carbocycles. The Morgan fingerprint density at radius 3 is 2.69 bits per heavy atom. The number of hydrogen-bond acceptors (Lipinski definition) is 2. The summed E-state index contributed by atoms with van der Waals surface area (Å²) in [5, 5.41) is 0.115. The third-order valence-electron chi connectivity index (χ3n) is 1.51. The van der Waals surface area contributed by atoms with Crippen LogP contribution in [-0.4, -0.2) is 11.7 Å². The van der Waals surface area contributed by atoms with Crippen LogP contribution in [0.2, 0.25) is 5.02 Å². The zero-order valence-electron chi connectivity index (χ0n) is 6.48. The van der Waals surface area contributed by atoms with Gasteiger partial charge in [-0.1, -0.05) is 11.6 Å². The fourth-order valence-electron chi connectivity index (χ4n) is 0.848. The van der Waals surface area contributed by atoms with Crippen LogP contribution in [0.25, 0.3) is 0 Å². The van der Waals surface area contributed by atoms with Crippen LogP contribution in [0.4, 0.5) is 10.1 Å². The van der Waals surface area contributed by atoms with Crippen molar-refractivity contribution in [1.29, 1.82) is 0 Å². The first kappa shape index (κ1) is 10.3. The van der Waals surface area contributed by atoms with Crippen LogP contribution in [0, 0.1) is 5.82 Å². The SMILES string of the molecule is Nc1cc(Cl)c(C(=O)CCl)cc1F. The molecule has 2 nitrogen and oxygen atoms in total. The number of carbonyl (C=O) groups is 1. The van der Waals surface area contributed by atoms with Gasteiger partial charge in [0.1, 0.15) is 5.82 Å². The number of carbonyl (C=O) groups excluding carboxylic acids is 1. The fraction of sp³-hybridized carbons (Fsp3) is 0.125. The van der Waals surface area contributed by atoms with Gasteiger partial charge in [0, 0.05) is 5.56 Å². The average molecular weight is 222 g/mol. The Morgan fingerprint density at radius 2 is 2.15 bits per heavy atom. The standard InChI is InChI=1S/C8H6Cl2FNO/c9-3-8(13)4-1-6(11)7(12)2-5(4)10/h1-2H,3,12H2. The molecule has 0 aliphatic rings. The van der Waals surface area contributed by atoms with Crippen molar-refractivity contribution in [3.8, 4) is 0 Å². The summed E-state index contributed by atoms with van der Waals surface area (Å²) in [5.41, 5.74) is 5.20. The zero-order valence-corrected chi connectivity index (χ0v) is 7.99. The predicted molar refractivity (Wildman–Crippen MR) is 50.9 cm³/mol. The summed E-state index contributed by atoms with van der Waals surface area (Å²) in [4.78, 5) is 11.1. The normalized spacial score (nSPS) is 10.1. The van der Waals surface area contributed by atoms with E-state index < -0.39 is 11.6 Å². The lowest BCUT2D eigenvalue weighted by Gasteiger charge is -2.03. The molecule has 0 saturated carbocycles. The van der Waals surface area contributed by atoms with E-state index in [4.69, 9.17) is 28.9 Å². The van der Waals surface area contributed by atoms with Gasteiger partial charge in [-0.25, -0.2) is 4.39 Å². The van der Waals surface area contributed by atoms with Crippen molar-refractivity contribution in [3.63, 3.8) is 0 Å². The highest BCUT2D eigenvalue weighted by atomic mass is 35.5. The van der Waals surface area contributed by atoms with Crippen LogP contribution >= 0.6 is 23.2 Å². The first-order valence-corrected chi connectivity index (χ1v) is 4.31. The van der Waals surface area contributed by atoms with Crippen LogP contribution in [0.3, 0.4) is 0 Å². The summed E-state index contributed by atoms with van der Waals surface area (Å²) in [5.74, 6) is -1.33. The Kier molecular flexibility index (Phi) is 3.12. The highest BCUT2D eigenvalue weighted by Crippen LogP contribution is 2.22. The van der Waals surface area contributed by atoms with E-state index in [9.17, 15) is 9.18 Å². The number of Topliss-reactive ketones (excluding diaryl/α,β-unsaturated/α-hetero) is 1. The molecule has 0 aromatic heterocycles. The Bertz CT molecular complexity index is 354. The molecule has 0 fully saturated rings. The van der Waals surface area contributed by atoms with Crippen molar-refractivity contribution >= 4 is 34.7 Å². The minimum Gasteiger partial charge on any atom is -0.396 e. The second-order valence-electron chi connectivity index (χ2n) is 2.41. The molecule has 70 valence electrons. The maximum Gasteiger partial charge on any atom is 0.179 e. The molecule has 0 bridgehead atoms. The van der Waals surface area contributed by atoms with Crippen molar-refractivity contribution in [2.45, 2.75) is 0 Å². The molecule has 2 N–H and O–H groups in total. The number of rotatable bonds is 2. The van der Waals surface area contributed by atoms with Crippen LogP contribution in [0.5, 0.6) is 0 Å². The molecule has 0 atom stereocenters.